The minimum absolute atomic E-state index is 0.0457. The van der Waals surface area contributed by atoms with E-state index in [0.29, 0.717) is 18.3 Å². The number of nitrogens with zero attached hydrogens (tertiary/aromatic N) is 6. The highest BCUT2D eigenvalue weighted by Gasteiger charge is 2.14. The fourth-order valence-electron chi connectivity index (χ4n) is 3.78. The van der Waals surface area contributed by atoms with Crippen LogP contribution in [-0.4, -0.2) is 34.7 Å². The number of pyridine rings is 1. The van der Waals surface area contributed by atoms with Crippen molar-refractivity contribution < 1.29 is 0 Å². The Morgan fingerprint density at radius 2 is 1.90 bits per heavy atom. The van der Waals surface area contributed by atoms with Crippen molar-refractivity contribution in [3.05, 3.63) is 70.5 Å². The summed E-state index contributed by atoms with van der Waals surface area (Å²) in [6, 6.07) is 11.9. The molecule has 0 amide bonds. The molecular weight excluding hydrogens is 390 g/mol. The number of hydrogen-bond acceptors (Lipinski definition) is 5. The van der Waals surface area contributed by atoms with Gasteiger partial charge in [-0.3, -0.25) is 14.1 Å². The van der Waals surface area contributed by atoms with Gasteiger partial charge in [-0.15, -0.1) is 5.10 Å². The number of hydrogen-bond donors (Lipinski definition) is 1. The second kappa shape index (κ2) is 9.07. The zero-order valence-corrected chi connectivity index (χ0v) is 18.1. The third kappa shape index (κ3) is 4.47. The smallest absolute Gasteiger partial charge is 0.299 e. The quantitative estimate of drug-likeness (QED) is 0.473. The highest BCUT2D eigenvalue weighted by molar-refractivity contribution is 5.78. The minimum atomic E-state index is 0.0457. The Kier molecular flexibility index (Phi) is 6.06. The molecule has 0 aliphatic rings. The molecule has 3 aromatic heterocycles. The van der Waals surface area contributed by atoms with Crippen LogP contribution in [0.1, 0.15) is 38.4 Å². The van der Waals surface area contributed by atoms with Gasteiger partial charge in [-0.1, -0.05) is 57.5 Å². The minimum Gasteiger partial charge on any atom is -0.299 e. The summed E-state index contributed by atoms with van der Waals surface area (Å²) in [5.41, 5.74) is 4.77. The van der Waals surface area contributed by atoms with Crippen LogP contribution in [0.3, 0.4) is 0 Å². The van der Waals surface area contributed by atoms with E-state index < -0.39 is 0 Å². The molecule has 0 aliphatic carbocycles. The van der Waals surface area contributed by atoms with Gasteiger partial charge in [-0.05, 0) is 34.4 Å². The normalized spacial score (nSPS) is 11.4. The van der Waals surface area contributed by atoms with Gasteiger partial charge in [0.05, 0.1) is 12.2 Å². The number of nitrogens with one attached hydrogen (secondary N) is 1. The molecule has 1 aromatic carbocycles. The highest BCUT2D eigenvalue weighted by atomic mass is 16.1. The Labute approximate surface area is 181 Å². The molecule has 0 atom stereocenters. The number of aromatic amines is 1. The molecule has 0 saturated carbocycles. The van der Waals surface area contributed by atoms with Gasteiger partial charge in [0.2, 0.25) is 0 Å². The molecule has 0 fully saturated rings. The second-order valence-corrected chi connectivity index (χ2v) is 8.13. The number of rotatable bonds is 8. The van der Waals surface area contributed by atoms with Gasteiger partial charge in [0.25, 0.3) is 0 Å². The fraction of sp³-hybridized carbons (Fsp3) is 0.348. The molecule has 4 rings (SSSR count). The fourth-order valence-corrected chi connectivity index (χ4v) is 3.78. The van der Waals surface area contributed by atoms with E-state index in [-0.39, 0.29) is 5.69 Å². The van der Waals surface area contributed by atoms with Gasteiger partial charge in [0, 0.05) is 35.8 Å². The van der Waals surface area contributed by atoms with Crippen molar-refractivity contribution in [2.24, 2.45) is 5.92 Å². The van der Waals surface area contributed by atoms with Crippen LogP contribution in [0.15, 0.2) is 53.6 Å². The van der Waals surface area contributed by atoms with Crippen LogP contribution >= 0.6 is 0 Å². The predicted molar refractivity (Wildman–Crippen MR) is 119 cm³/mol. The molecule has 31 heavy (non-hydrogen) atoms. The van der Waals surface area contributed by atoms with Gasteiger partial charge in [-0.2, -0.15) is 0 Å². The lowest BCUT2D eigenvalue weighted by atomic mass is 10.0. The second-order valence-electron chi connectivity index (χ2n) is 8.13. The largest absolute Gasteiger partial charge is 0.328 e. The first-order chi connectivity index (χ1) is 15.1. The van der Waals surface area contributed by atoms with Crippen LogP contribution in [0.5, 0.6) is 0 Å². The lowest BCUT2D eigenvalue weighted by molar-refractivity contribution is 0.503. The summed E-state index contributed by atoms with van der Waals surface area (Å²) in [7, 11) is 0. The Morgan fingerprint density at radius 3 is 2.55 bits per heavy atom. The third-order valence-corrected chi connectivity index (χ3v) is 5.17. The van der Waals surface area contributed by atoms with Crippen LogP contribution in [0.4, 0.5) is 0 Å². The first kappa shape index (κ1) is 20.7. The zero-order valence-electron chi connectivity index (χ0n) is 18.1. The summed E-state index contributed by atoms with van der Waals surface area (Å²) in [6.07, 6.45) is 5.72. The molecule has 3 heterocycles. The summed E-state index contributed by atoms with van der Waals surface area (Å²) in [5.74, 6) is 1.02. The van der Waals surface area contributed by atoms with Crippen molar-refractivity contribution >= 4 is 0 Å². The number of benzene rings is 1. The maximum atomic E-state index is 13.0. The molecule has 0 bridgehead atoms. The average molecular weight is 418 g/mol. The summed E-state index contributed by atoms with van der Waals surface area (Å²) in [4.78, 5) is 17.6. The number of aromatic nitrogens is 7. The Balaban J connectivity index is 1.62. The third-order valence-electron chi connectivity index (χ3n) is 5.17. The lowest BCUT2D eigenvalue weighted by Crippen LogP contribution is -2.26. The van der Waals surface area contributed by atoms with E-state index in [1.807, 2.05) is 57.9 Å². The standard InChI is InChI=1S/C23H27N7O/c1-4-7-18-15-29(13-16(2)3)23(31)30(18)14-17-10-11-21(24-12-17)19-8-5-6-9-20(19)22-25-27-28-26-22/h5-6,8-12,15-16H,4,7,13-14H2,1-3H3,(H,25,26,27,28). The number of aryl methyl sites for hydroxylation is 1. The van der Waals surface area contributed by atoms with Crippen LogP contribution in [0, 0.1) is 5.92 Å². The van der Waals surface area contributed by atoms with Crippen molar-refractivity contribution in [3.8, 4) is 22.6 Å². The number of H-pyrrole nitrogens is 1. The van der Waals surface area contributed by atoms with Gasteiger partial charge in [0.1, 0.15) is 0 Å². The van der Waals surface area contributed by atoms with Crippen LogP contribution in [0.25, 0.3) is 22.6 Å². The van der Waals surface area contributed by atoms with Crippen molar-refractivity contribution in [1.29, 1.82) is 0 Å². The molecule has 8 nitrogen and oxygen atoms in total. The van der Waals surface area contributed by atoms with E-state index >= 15 is 0 Å². The summed E-state index contributed by atoms with van der Waals surface area (Å²) in [5, 5.41) is 14.2. The van der Waals surface area contributed by atoms with Crippen LogP contribution in [-0.2, 0) is 19.5 Å². The topological polar surface area (TPSA) is 94.3 Å². The predicted octanol–water partition coefficient (Wildman–Crippen LogP) is 3.55. The van der Waals surface area contributed by atoms with E-state index in [0.717, 1.165) is 47.5 Å². The zero-order chi connectivity index (χ0) is 21.8. The maximum Gasteiger partial charge on any atom is 0.328 e. The van der Waals surface area contributed by atoms with Crippen molar-refractivity contribution in [2.45, 2.75) is 46.7 Å². The van der Waals surface area contributed by atoms with Crippen LogP contribution in [0.2, 0.25) is 0 Å². The highest BCUT2D eigenvalue weighted by Crippen LogP contribution is 2.28. The monoisotopic (exact) mass is 417 g/mol. The first-order valence-corrected chi connectivity index (χ1v) is 10.6. The van der Waals surface area contributed by atoms with Crippen molar-refractivity contribution in [2.75, 3.05) is 0 Å². The lowest BCUT2D eigenvalue weighted by Gasteiger charge is -2.09. The summed E-state index contributed by atoms with van der Waals surface area (Å²) >= 11 is 0. The molecule has 1 N–H and O–H groups in total. The van der Waals surface area contributed by atoms with Crippen LogP contribution < -0.4 is 5.69 Å². The maximum absolute atomic E-state index is 13.0. The average Bonchev–Trinajstić information content (AvgIpc) is 3.39. The summed E-state index contributed by atoms with van der Waals surface area (Å²) in [6.45, 7) is 7.62. The van der Waals surface area contributed by atoms with E-state index in [9.17, 15) is 4.79 Å². The molecule has 0 saturated heterocycles. The van der Waals surface area contributed by atoms with E-state index in [1.54, 1.807) is 0 Å². The van der Waals surface area contributed by atoms with Gasteiger partial charge < -0.3 is 0 Å². The molecule has 4 aromatic rings. The Bertz CT molecular complexity index is 1190. The molecule has 160 valence electrons. The number of tetrazole rings is 1. The summed E-state index contributed by atoms with van der Waals surface area (Å²) < 4.78 is 3.70. The molecular formula is C23H27N7O. The van der Waals surface area contributed by atoms with Crippen molar-refractivity contribution in [3.63, 3.8) is 0 Å². The van der Waals surface area contributed by atoms with Gasteiger partial charge in [0.15, 0.2) is 5.82 Å². The number of imidazole rings is 1. The molecule has 0 spiro atoms. The molecule has 0 aliphatic heterocycles. The first-order valence-electron chi connectivity index (χ1n) is 10.6. The van der Waals surface area contributed by atoms with E-state index in [2.05, 4.69) is 46.4 Å². The SMILES string of the molecule is CCCc1cn(CC(C)C)c(=O)n1Cc1ccc(-c2ccccc2-c2nnn[nH]2)nc1. The Morgan fingerprint density at radius 1 is 1.10 bits per heavy atom. The van der Waals surface area contributed by atoms with Crippen molar-refractivity contribution in [1.82, 2.24) is 34.7 Å². The van der Waals surface area contributed by atoms with Gasteiger partial charge >= 0.3 is 5.69 Å². The van der Waals surface area contributed by atoms with Gasteiger partial charge in [-0.25, -0.2) is 9.89 Å². The van der Waals surface area contributed by atoms with E-state index in [4.69, 9.17) is 0 Å². The molecule has 8 heteroatoms. The molecule has 0 unspecified atom stereocenters. The van der Waals surface area contributed by atoms with E-state index in [1.165, 1.54) is 0 Å². The molecule has 0 radical (unpaired) electrons. The Hall–Kier alpha value is -3.55.